The number of anilines is 1. The largest absolute Gasteiger partial charge is 0.497 e. The van der Waals surface area contributed by atoms with Gasteiger partial charge in [-0.15, -0.1) is 0 Å². The van der Waals surface area contributed by atoms with Gasteiger partial charge in [-0.2, -0.15) is 0 Å². The maximum atomic E-state index is 6.42. The van der Waals surface area contributed by atoms with Gasteiger partial charge in [0, 0.05) is 17.4 Å². The van der Waals surface area contributed by atoms with Crippen LogP contribution in [0.3, 0.4) is 0 Å². The fraction of sp³-hybridized carbons (Fsp3) is 0.0968. The fourth-order valence-corrected chi connectivity index (χ4v) is 4.99. The van der Waals surface area contributed by atoms with Crippen molar-refractivity contribution in [2.24, 2.45) is 0 Å². The Bertz CT molecular complexity index is 1520. The first-order valence-corrected chi connectivity index (χ1v) is 12.7. The molecular weight excluding hydrogens is 494 g/mol. The third-order valence-corrected chi connectivity index (χ3v) is 6.80. The highest BCUT2D eigenvalue weighted by Crippen LogP contribution is 2.43. The van der Waals surface area contributed by atoms with Crippen LogP contribution in [-0.2, 0) is 0 Å². The second kappa shape index (κ2) is 10.4. The van der Waals surface area contributed by atoms with Gasteiger partial charge in [-0.25, -0.2) is 0 Å². The highest BCUT2D eigenvalue weighted by Gasteiger charge is 2.42. The van der Waals surface area contributed by atoms with Gasteiger partial charge in [0.15, 0.2) is 5.11 Å². The van der Waals surface area contributed by atoms with Crippen LogP contribution in [-0.4, -0.2) is 17.2 Å². The van der Waals surface area contributed by atoms with Gasteiger partial charge in [0.25, 0.3) is 0 Å². The monoisotopic (exact) mass is 519 g/mol. The third kappa shape index (κ3) is 4.71. The summed E-state index contributed by atoms with van der Waals surface area (Å²) in [6.45, 7) is 0. The summed E-state index contributed by atoms with van der Waals surface area (Å²) in [6, 6.07) is 34.9. The van der Waals surface area contributed by atoms with Crippen molar-refractivity contribution < 1.29 is 13.9 Å². The van der Waals surface area contributed by atoms with Crippen LogP contribution in [0.1, 0.15) is 23.5 Å². The summed E-state index contributed by atoms with van der Waals surface area (Å²) < 4.78 is 17.7. The van der Waals surface area contributed by atoms with E-state index in [0.29, 0.717) is 5.11 Å². The van der Waals surface area contributed by atoms with Crippen LogP contribution in [0.25, 0.3) is 11.3 Å². The topological polar surface area (TPSA) is 59.8 Å². The Labute approximate surface area is 226 Å². The number of ether oxygens (including phenoxy) is 2. The molecule has 1 saturated heterocycles. The molecule has 6 nitrogen and oxygen atoms in total. The van der Waals surface area contributed by atoms with E-state index < -0.39 is 0 Å². The van der Waals surface area contributed by atoms with Crippen LogP contribution in [0.15, 0.2) is 120 Å². The molecule has 3 heterocycles. The van der Waals surface area contributed by atoms with Gasteiger partial charge >= 0.3 is 0 Å². The van der Waals surface area contributed by atoms with E-state index in [4.69, 9.17) is 26.1 Å². The van der Waals surface area contributed by atoms with Gasteiger partial charge in [0.2, 0.25) is 0 Å². The molecule has 6 rings (SSSR count). The third-order valence-electron chi connectivity index (χ3n) is 6.48. The minimum atomic E-state index is -0.233. The van der Waals surface area contributed by atoms with Gasteiger partial charge in [-0.3, -0.25) is 4.98 Å². The van der Waals surface area contributed by atoms with Crippen LogP contribution >= 0.6 is 12.2 Å². The average molecular weight is 520 g/mol. The zero-order chi connectivity index (χ0) is 25.9. The lowest BCUT2D eigenvalue weighted by Gasteiger charge is -2.26. The van der Waals surface area contributed by atoms with Crippen molar-refractivity contribution in [1.29, 1.82) is 0 Å². The standard InChI is InChI=1S/C31H25N3O3S/c1-35-23-14-16-25(17-15-23)36-24-12-10-22(11-13-24)34-30(29(33-31(34)38)26-9-5-6-20-32-26)28-19-18-27(37-28)21-7-3-2-4-8-21/h2-20,29-30H,1H3,(H,33,38). The number of thiocarbonyl (C=S) groups is 1. The van der Waals surface area contributed by atoms with E-state index >= 15 is 0 Å². The lowest BCUT2D eigenvalue weighted by Crippen LogP contribution is -2.29. The van der Waals surface area contributed by atoms with E-state index in [9.17, 15) is 0 Å². The summed E-state index contributed by atoms with van der Waals surface area (Å²) in [5.74, 6) is 3.84. The lowest BCUT2D eigenvalue weighted by molar-refractivity contribution is 0.413. The highest BCUT2D eigenvalue weighted by molar-refractivity contribution is 7.80. The maximum Gasteiger partial charge on any atom is 0.174 e. The number of benzene rings is 3. The smallest absolute Gasteiger partial charge is 0.174 e. The molecule has 0 spiro atoms. The van der Waals surface area contributed by atoms with Crippen molar-refractivity contribution in [3.8, 4) is 28.6 Å². The maximum absolute atomic E-state index is 6.42. The molecule has 0 saturated carbocycles. The molecule has 1 aliphatic heterocycles. The van der Waals surface area contributed by atoms with Gasteiger partial charge < -0.3 is 24.1 Å². The van der Waals surface area contributed by atoms with E-state index in [2.05, 4.69) is 15.2 Å². The molecule has 7 heteroatoms. The number of furan rings is 1. The average Bonchev–Trinajstić information content (AvgIpc) is 3.60. The first kappa shape index (κ1) is 23.8. The normalized spacial score (nSPS) is 16.8. The Hall–Kier alpha value is -4.62. The van der Waals surface area contributed by atoms with Crippen LogP contribution in [0.4, 0.5) is 5.69 Å². The van der Waals surface area contributed by atoms with E-state index in [0.717, 1.165) is 45.7 Å². The molecule has 5 aromatic rings. The first-order chi connectivity index (χ1) is 18.7. The van der Waals surface area contributed by atoms with Crippen molar-refractivity contribution in [2.45, 2.75) is 12.1 Å². The minimum Gasteiger partial charge on any atom is -0.497 e. The molecule has 1 aliphatic rings. The minimum absolute atomic E-state index is 0.186. The van der Waals surface area contributed by atoms with Crippen molar-refractivity contribution in [3.63, 3.8) is 0 Å². The molecule has 0 amide bonds. The summed E-state index contributed by atoms with van der Waals surface area (Å²) in [5.41, 5.74) is 2.83. The number of hydrogen-bond donors (Lipinski definition) is 1. The number of nitrogens with one attached hydrogen (secondary N) is 1. The summed E-state index contributed by atoms with van der Waals surface area (Å²) in [7, 11) is 1.64. The Morgan fingerprint density at radius 2 is 1.47 bits per heavy atom. The first-order valence-electron chi connectivity index (χ1n) is 12.3. The molecule has 38 heavy (non-hydrogen) atoms. The predicted octanol–water partition coefficient (Wildman–Crippen LogP) is 7.32. The Morgan fingerprint density at radius 3 is 2.16 bits per heavy atom. The van der Waals surface area contributed by atoms with Crippen LogP contribution < -0.4 is 19.7 Å². The highest BCUT2D eigenvalue weighted by atomic mass is 32.1. The van der Waals surface area contributed by atoms with Gasteiger partial charge in [0.1, 0.15) is 34.8 Å². The Kier molecular flexibility index (Phi) is 6.50. The van der Waals surface area contributed by atoms with Crippen LogP contribution in [0.2, 0.25) is 0 Å². The van der Waals surface area contributed by atoms with E-state index in [1.54, 1.807) is 13.3 Å². The molecule has 2 unspecified atom stereocenters. The number of pyridine rings is 1. The zero-order valence-electron chi connectivity index (χ0n) is 20.7. The molecule has 0 aliphatic carbocycles. The van der Waals surface area contributed by atoms with E-state index in [1.165, 1.54) is 0 Å². The molecule has 1 fully saturated rings. The van der Waals surface area contributed by atoms with Gasteiger partial charge in [-0.05, 0) is 85.0 Å². The van der Waals surface area contributed by atoms with Crippen LogP contribution in [0, 0.1) is 0 Å². The molecule has 0 bridgehead atoms. The number of aromatic nitrogens is 1. The van der Waals surface area contributed by atoms with Crippen molar-refractivity contribution in [2.75, 3.05) is 12.0 Å². The number of nitrogens with zero attached hydrogens (tertiary/aromatic N) is 2. The fourth-order valence-electron chi connectivity index (χ4n) is 4.65. The van der Waals surface area contributed by atoms with Gasteiger partial charge in [-0.1, -0.05) is 36.4 Å². The Morgan fingerprint density at radius 1 is 0.789 bits per heavy atom. The van der Waals surface area contributed by atoms with E-state index in [-0.39, 0.29) is 12.1 Å². The quantitative estimate of drug-likeness (QED) is 0.226. The van der Waals surface area contributed by atoms with Crippen molar-refractivity contribution >= 4 is 23.0 Å². The summed E-state index contributed by atoms with van der Waals surface area (Å²) in [6.07, 6.45) is 1.79. The molecule has 0 radical (unpaired) electrons. The summed E-state index contributed by atoms with van der Waals surface area (Å²) >= 11 is 5.84. The lowest BCUT2D eigenvalue weighted by atomic mass is 10.0. The molecule has 2 atom stereocenters. The molecule has 2 aromatic heterocycles. The number of methoxy groups -OCH3 is 1. The van der Waals surface area contributed by atoms with E-state index in [1.807, 2.05) is 109 Å². The van der Waals surface area contributed by atoms with Gasteiger partial charge in [0.05, 0.1) is 18.8 Å². The predicted molar refractivity (Wildman–Crippen MR) is 152 cm³/mol. The SMILES string of the molecule is COc1ccc(Oc2ccc(N3C(=S)NC(c4ccccn4)C3c3ccc(-c4ccccc4)o3)cc2)cc1. The molecule has 1 N–H and O–H groups in total. The summed E-state index contributed by atoms with van der Waals surface area (Å²) in [5, 5.41) is 4.08. The zero-order valence-corrected chi connectivity index (χ0v) is 21.5. The Balaban J connectivity index is 1.32. The van der Waals surface area contributed by atoms with Crippen molar-refractivity contribution in [1.82, 2.24) is 10.3 Å². The number of rotatable bonds is 7. The van der Waals surface area contributed by atoms with Crippen LogP contribution in [0.5, 0.6) is 17.2 Å². The second-order valence-electron chi connectivity index (χ2n) is 8.84. The molecular formula is C31H25N3O3S. The second-order valence-corrected chi connectivity index (χ2v) is 9.22. The summed E-state index contributed by atoms with van der Waals surface area (Å²) in [4.78, 5) is 6.70. The number of hydrogen-bond acceptors (Lipinski definition) is 5. The van der Waals surface area contributed by atoms with Crippen molar-refractivity contribution in [3.05, 3.63) is 127 Å². The molecule has 3 aromatic carbocycles. The molecule has 188 valence electrons.